The molecular weight excluding hydrogens is 276 g/mol. The van der Waals surface area contributed by atoms with Gasteiger partial charge in [-0.25, -0.2) is 5.43 Å². The first-order chi connectivity index (χ1) is 10.6. The maximum atomic E-state index is 9.38. The van der Waals surface area contributed by atoms with Gasteiger partial charge in [-0.3, -0.25) is 10.0 Å². The molecule has 128 valence electrons. The third kappa shape index (κ3) is 6.46. The summed E-state index contributed by atoms with van der Waals surface area (Å²) in [5.74, 6) is 2.03. The number of aliphatic hydroxyl groups is 1. The van der Waals surface area contributed by atoms with E-state index >= 15 is 0 Å². The largest absolute Gasteiger partial charge is 0.388 e. The van der Waals surface area contributed by atoms with E-state index in [0.717, 1.165) is 26.1 Å². The van der Waals surface area contributed by atoms with Gasteiger partial charge in [0.15, 0.2) is 0 Å². The highest BCUT2D eigenvalue weighted by Crippen LogP contribution is 2.27. The Hall–Kier alpha value is -0.910. The third-order valence-corrected chi connectivity index (χ3v) is 4.26. The molecule has 0 aromatic carbocycles. The summed E-state index contributed by atoms with van der Waals surface area (Å²) in [6.45, 7) is 7.53. The number of allylic oxidation sites excluding steroid dienone is 1. The Labute approximate surface area is 135 Å². The van der Waals surface area contributed by atoms with Crippen LogP contribution in [0.3, 0.4) is 0 Å². The minimum absolute atomic E-state index is 0.0436. The molecular formula is C17H34N4O. The molecule has 0 saturated carbocycles. The number of hydrogen-bond donors (Lipinski definition) is 3. The molecule has 1 rings (SSSR count). The van der Waals surface area contributed by atoms with Gasteiger partial charge in [0.2, 0.25) is 0 Å². The van der Waals surface area contributed by atoms with E-state index in [4.69, 9.17) is 0 Å². The first-order valence-electron chi connectivity index (χ1n) is 8.53. The van der Waals surface area contributed by atoms with Crippen LogP contribution in [-0.4, -0.2) is 56.3 Å². The number of rotatable bonds is 7. The molecule has 0 aromatic rings. The van der Waals surface area contributed by atoms with E-state index in [1.54, 1.807) is 12.6 Å². The normalized spacial score (nSPS) is 21.1. The van der Waals surface area contributed by atoms with Gasteiger partial charge in [0.1, 0.15) is 12.4 Å². The number of hydrazine groups is 1. The van der Waals surface area contributed by atoms with Crippen molar-refractivity contribution in [1.29, 1.82) is 0 Å². The van der Waals surface area contributed by atoms with Gasteiger partial charge < -0.3 is 10.4 Å². The van der Waals surface area contributed by atoms with Crippen molar-refractivity contribution in [1.82, 2.24) is 15.8 Å². The van der Waals surface area contributed by atoms with Gasteiger partial charge in [-0.05, 0) is 50.6 Å². The minimum Gasteiger partial charge on any atom is -0.388 e. The number of aliphatic hydroxyl groups excluding tert-OH is 1. The fourth-order valence-electron chi connectivity index (χ4n) is 3.09. The van der Waals surface area contributed by atoms with Crippen molar-refractivity contribution < 1.29 is 5.11 Å². The average Bonchev–Trinajstić information content (AvgIpc) is 2.78. The zero-order chi connectivity index (χ0) is 16.4. The molecule has 1 aliphatic rings. The summed E-state index contributed by atoms with van der Waals surface area (Å²) in [6, 6.07) is 0. The standard InChI is InChI=1S/C17H34N4O/c1-14(2)12-16(15-6-5-9-20-10-7-15)8-11-21(19-4)17(13-22)18-3/h8,14-15,19-20,22H,5-7,9-13H2,1-4H3/b16-8+,18-17?. The lowest BCUT2D eigenvalue weighted by atomic mass is 9.86. The highest BCUT2D eigenvalue weighted by Gasteiger charge is 2.18. The van der Waals surface area contributed by atoms with Gasteiger partial charge in [0.05, 0.1) is 6.54 Å². The van der Waals surface area contributed by atoms with Crippen molar-refractivity contribution in [3.8, 4) is 0 Å². The molecule has 1 atom stereocenters. The van der Waals surface area contributed by atoms with Crippen LogP contribution in [0.1, 0.15) is 39.5 Å². The number of nitrogens with zero attached hydrogens (tertiary/aromatic N) is 2. The van der Waals surface area contributed by atoms with Crippen LogP contribution in [0.25, 0.3) is 0 Å². The molecule has 5 heteroatoms. The van der Waals surface area contributed by atoms with Gasteiger partial charge in [-0.2, -0.15) is 0 Å². The third-order valence-electron chi connectivity index (χ3n) is 4.26. The smallest absolute Gasteiger partial charge is 0.139 e. The fourth-order valence-corrected chi connectivity index (χ4v) is 3.09. The van der Waals surface area contributed by atoms with Crippen LogP contribution in [0, 0.1) is 11.8 Å². The number of amidine groups is 1. The molecule has 0 spiro atoms. The Morgan fingerprint density at radius 2 is 2.18 bits per heavy atom. The van der Waals surface area contributed by atoms with Gasteiger partial charge in [0.25, 0.3) is 0 Å². The minimum atomic E-state index is -0.0436. The average molecular weight is 310 g/mol. The van der Waals surface area contributed by atoms with Crippen LogP contribution in [0.2, 0.25) is 0 Å². The van der Waals surface area contributed by atoms with Crippen LogP contribution >= 0.6 is 0 Å². The second-order valence-corrected chi connectivity index (χ2v) is 6.39. The Kier molecular flexibility index (Phi) is 9.36. The van der Waals surface area contributed by atoms with Gasteiger partial charge in [-0.1, -0.05) is 25.5 Å². The van der Waals surface area contributed by atoms with Crippen molar-refractivity contribution in [2.45, 2.75) is 39.5 Å². The number of aliphatic imine (C=N–C) groups is 1. The van der Waals surface area contributed by atoms with Gasteiger partial charge >= 0.3 is 0 Å². The summed E-state index contributed by atoms with van der Waals surface area (Å²) in [4.78, 5) is 4.13. The summed E-state index contributed by atoms with van der Waals surface area (Å²) in [5, 5.41) is 14.8. The van der Waals surface area contributed by atoms with E-state index < -0.39 is 0 Å². The molecule has 1 heterocycles. The summed E-state index contributed by atoms with van der Waals surface area (Å²) in [6.07, 6.45) is 7.26. The van der Waals surface area contributed by atoms with Crippen LogP contribution in [-0.2, 0) is 0 Å². The predicted octanol–water partition coefficient (Wildman–Crippen LogP) is 1.81. The molecule has 22 heavy (non-hydrogen) atoms. The first kappa shape index (κ1) is 19.1. The van der Waals surface area contributed by atoms with Gasteiger partial charge in [0, 0.05) is 14.1 Å². The molecule has 1 aliphatic heterocycles. The lowest BCUT2D eigenvalue weighted by Gasteiger charge is -2.25. The Balaban J connectivity index is 2.80. The highest BCUT2D eigenvalue weighted by atomic mass is 16.3. The van der Waals surface area contributed by atoms with Crippen LogP contribution in [0.4, 0.5) is 0 Å². The summed E-state index contributed by atoms with van der Waals surface area (Å²) >= 11 is 0. The zero-order valence-corrected chi connectivity index (χ0v) is 14.7. The summed E-state index contributed by atoms with van der Waals surface area (Å²) < 4.78 is 0. The van der Waals surface area contributed by atoms with Crippen molar-refractivity contribution in [3.05, 3.63) is 11.6 Å². The van der Waals surface area contributed by atoms with Crippen molar-refractivity contribution in [3.63, 3.8) is 0 Å². The Morgan fingerprint density at radius 3 is 2.77 bits per heavy atom. The predicted molar refractivity (Wildman–Crippen MR) is 94.0 cm³/mol. The molecule has 0 aliphatic carbocycles. The maximum Gasteiger partial charge on any atom is 0.139 e. The van der Waals surface area contributed by atoms with Crippen molar-refractivity contribution >= 4 is 5.84 Å². The Bertz CT molecular complexity index is 358. The molecule has 5 nitrogen and oxygen atoms in total. The Morgan fingerprint density at radius 1 is 1.41 bits per heavy atom. The maximum absolute atomic E-state index is 9.38. The van der Waals surface area contributed by atoms with Crippen LogP contribution in [0.5, 0.6) is 0 Å². The second-order valence-electron chi connectivity index (χ2n) is 6.39. The summed E-state index contributed by atoms with van der Waals surface area (Å²) in [7, 11) is 3.58. The highest BCUT2D eigenvalue weighted by molar-refractivity contribution is 5.82. The van der Waals surface area contributed by atoms with E-state index in [9.17, 15) is 5.11 Å². The number of hydrogen-bond acceptors (Lipinski definition) is 4. The lowest BCUT2D eigenvalue weighted by Crippen LogP contribution is -2.42. The lowest BCUT2D eigenvalue weighted by molar-refractivity contribution is 0.299. The topological polar surface area (TPSA) is 59.9 Å². The first-order valence-corrected chi connectivity index (χ1v) is 8.53. The SMILES string of the molecule is CN=C(CO)N(C/C=C(\CC(C)C)C1CCCNCC1)NC. The molecule has 0 radical (unpaired) electrons. The quantitative estimate of drug-likeness (QED) is 0.290. The van der Waals surface area contributed by atoms with Crippen LogP contribution in [0.15, 0.2) is 16.6 Å². The van der Waals surface area contributed by atoms with E-state index in [1.807, 2.05) is 12.1 Å². The molecule has 0 bridgehead atoms. The van der Waals surface area contributed by atoms with E-state index in [0.29, 0.717) is 17.7 Å². The van der Waals surface area contributed by atoms with Crippen molar-refractivity contribution in [2.24, 2.45) is 16.8 Å². The molecule has 1 saturated heterocycles. The van der Waals surface area contributed by atoms with E-state index in [2.05, 4.69) is 35.7 Å². The molecule has 0 aromatic heterocycles. The number of nitrogens with one attached hydrogen (secondary N) is 2. The molecule has 1 unspecified atom stereocenters. The molecule has 0 amide bonds. The van der Waals surface area contributed by atoms with Crippen LogP contribution < -0.4 is 10.7 Å². The van der Waals surface area contributed by atoms with Crippen molar-refractivity contribution in [2.75, 3.05) is 40.3 Å². The monoisotopic (exact) mass is 310 g/mol. The molecule has 1 fully saturated rings. The fraction of sp³-hybridized carbons (Fsp3) is 0.824. The second kappa shape index (κ2) is 10.8. The zero-order valence-electron chi connectivity index (χ0n) is 14.7. The van der Waals surface area contributed by atoms with E-state index in [1.165, 1.54) is 19.3 Å². The van der Waals surface area contributed by atoms with Gasteiger partial charge in [-0.15, -0.1) is 0 Å². The molecule has 3 N–H and O–H groups in total. The summed E-state index contributed by atoms with van der Waals surface area (Å²) in [5.41, 5.74) is 4.68. The van der Waals surface area contributed by atoms with E-state index in [-0.39, 0.29) is 6.61 Å².